The number of halogens is 1. The van der Waals surface area contributed by atoms with E-state index in [1.54, 1.807) is 6.08 Å². The largest absolute Gasteiger partial charge is 0.291 e. The van der Waals surface area contributed by atoms with Crippen LogP contribution in [0.15, 0.2) is 25.1 Å². The highest BCUT2D eigenvalue weighted by Crippen LogP contribution is 2.31. The molecule has 0 heterocycles. The highest BCUT2D eigenvalue weighted by molar-refractivity contribution is 5.95. The number of ketones is 1. The second-order valence-corrected chi connectivity index (χ2v) is 4.21. The molecule has 13 heavy (non-hydrogen) atoms. The third-order valence-electron chi connectivity index (χ3n) is 2.03. The Morgan fingerprint density at radius 2 is 2.00 bits per heavy atom. The molecule has 0 aliphatic heterocycles. The zero-order valence-corrected chi connectivity index (χ0v) is 8.56. The Labute approximate surface area is 79.3 Å². The third kappa shape index (κ3) is 3.53. The molecule has 0 aromatic rings. The average Bonchev–Trinajstić information content (AvgIpc) is 1.96. The molecular weight excluding hydrogens is 167 g/mol. The van der Waals surface area contributed by atoms with Crippen LogP contribution < -0.4 is 0 Å². The van der Waals surface area contributed by atoms with Gasteiger partial charge in [-0.3, -0.25) is 4.79 Å². The molecule has 0 aliphatic rings. The fourth-order valence-electron chi connectivity index (χ4n) is 1.21. The van der Waals surface area contributed by atoms with Crippen molar-refractivity contribution in [2.45, 2.75) is 27.2 Å². The van der Waals surface area contributed by atoms with Gasteiger partial charge in [0, 0.05) is 5.92 Å². The first-order valence-corrected chi connectivity index (χ1v) is 4.30. The summed E-state index contributed by atoms with van der Waals surface area (Å²) in [6.07, 6.45) is 2.13. The number of Topliss-reactive ketones (excluding diaryl/α,β-unsaturated/α-hetero) is 1. The number of hydrogen-bond donors (Lipinski definition) is 0. The minimum Gasteiger partial charge on any atom is -0.291 e. The fraction of sp³-hybridized carbons (Fsp3) is 0.545. The Bertz CT molecular complexity index is 223. The van der Waals surface area contributed by atoms with E-state index in [0.717, 1.165) is 0 Å². The van der Waals surface area contributed by atoms with E-state index in [4.69, 9.17) is 0 Å². The fourth-order valence-corrected chi connectivity index (χ4v) is 1.21. The van der Waals surface area contributed by atoms with Crippen molar-refractivity contribution >= 4 is 5.78 Å². The minimum absolute atomic E-state index is 0.250. The highest BCUT2D eigenvalue weighted by Gasteiger charge is 2.31. The predicted octanol–water partition coefficient (Wildman–Crippen LogP) is 3.28. The lowest BCUT2D eigenvalue weighted by molar-refractivity contribution is -0.123. The Kier molecular flexibility index (Phi) is 4.05. The van der Waals surface area contributed by atoms with Crippen molar-refractivity contribution < 1.29 is 9.18 Å². The normalized spacial score (nSPS) is 13.5. The van der Waals surface area contributed by atoms with E-state index in [1.165, 1.54) is 0 Å². The quantitative estimate of drug-likeness (QED) is 0.484. The number of allylic oxidation sites excluding steroid dienone is 2. The van der Waals surface area contributed by atoms with Crippen LogP contribution >= 0.6 is 0 Å². The molecule has 2 heteroatoms. The number of hydrogen-bond acceptors (Lipinski definition) is 1. The second kappa shape index (κ2) is 4.35. The molecule has 74 valence electrons. The molecule has 0 aromatic carbocycles. The maximum Gasteiger partial charge on any atom is 0.194 e. The molecule has 0 rings (SSSR count). The van der Waals surface area contributed by atoms with Crippen molar-refractivity contribution in [2.24, 2.45) is 11.3 Å². The van der Waals surface area contributed by atoms with Crippen LogP contribution in [0.5, 0.6) is 0 Å². The predicted molar refractivity (Wildman–Crippen MR) is 53.0 cm³/mol. The van der Waals surface area contributed by atoms with Crippen LogP contribution in [0.4, 0.5) is 4.39 Å². The van der Waals surface area contributed by atoms with Gasteiger partial charge in [-0.25, -0.2) is 4.39 Å². The monoisotopic (exact) mass is 184 g/mol. The molecule has 0 N–H and O–H groups in total. The smallest absolute Gasteiger partial charge is 0.194 e. The van der Waals surface area contributed by atoms with Crippen molar-refractivity contribution in [1.82, 2.24) is 0 Å². The van der Waals surface area contributed by atoms with Gasteiger partial charge in [0.05, 0.1) is 0 Å². The molecule has 0 aliphatic carbocycles. The number of carbonyl (C=O) groups is 1. The molecule has 0 saturated heterocycles. The molecule has 0 spiro atoms. The number of rotatable bonds is 4. The number of carbonyl (C=O) groups excluding carboxylic acids is 1. The van der Waals surface area contributed by atoms with E-state index < -0.39 is 11.6 Å². The van der Waals surface area contributed by atoms with E-state index in [-0.39, 0.29) is 11.3 Å². The van der Waals surface area contributed by atoms with Crippen LogP contribution in [0.1, 0.15) is 27.2 Å². The summed E-state index contributed by atoms with van der Waals surface area (Å²) in [5.74, 6) is -1.73. The van der Waals surface area contributed by atoms with Crippen molar-refractivity contribution in [3.8, 4) is 0 Å². The van der Waals surface area contributed by atoms with Gasteiger partial charge in [-0.1, -0.05) is 33.4 Å². The summed E-state index contributed by atoms with van der Waals surface area (Å²) >= 11 is 0. The van der Waals surface area contributed by atoms with Gasteiger partial charge >= 0.3 is 0 Å². The van der Waals surface area contributed by atoms with Gasteiger partial charge in [0.25, 0.3) is 0 Å². The Morgan fingerprint density at radius 1 is 1.54 bits per heavy atom. The topological polar surface area (TPSA) is 17.1 Å². The van der Waals surface area contributed by atoms with E-state index in [1.807, 2.05) is 20.8 Å². The molecule has 0 aromatic heterocycles. The summed E-state index contributed by atoms with van der Waals surface area (Å²) < 4.78 is 12.6. The molecule has 1 unspecified atom stereocenters. The van der Waals surface area contributed by atoms with E-state index >= 15 is 0 Å². The maximum atomic E-state index is 12.6. The SMILES string of the molecule is C=CCC(C(=O)C(=C)F)C(C)(C)C. The summed E-state index contributed by atoms with van der Waals surface area (Å²) in [4.78, 5) is 11.4. The van der Waals surface area contributed by atoms with Gasteiger partial charge in [-0.05, 0) is 11.8 Å². The van der Waals surface area contributed by atoms with Crippen molar-refractivity contribution in [2.75, 3.05) is 0 Å². The molecular formula is C11H17FO. The zero-order chi connectivity index (χ0) is 10.6. The molecule has 0 bridgehead atoms. The standard InChI is InChI=1S/C11H17FO/c1-6-7-9(11(3,4)5)10(13)8(2)12/h6,9H,1-2,7H2,3-5H3. The first-order valence-electron chi connectivity index (χ1n) is 4.30. The third-order valence-corrected chi connectivity index (χ3v) is 2.03. The van der Waals surface area contributed by atoms with Crippen LogP contribution in [0, 0.1) is 11.3 Å². The lowest BCUT2D eigenvalue weighted by Crippen LogP contribution is -2.28. The first kappa shape index (κ1) is 12.1. The van der Waals surface area contributed by atoms with Gasteiger partial charge in [-0.2, -0.15) is 0 Å². The molecule has 0 fully saturated rings. The van der Waals surface area contributed by atoms with E-state index in [9.17, 15) is 9.18 Å². The van der Waals surface area contributed by atoms with Gasteiger partial charge in [0.2, 0.25) is 0 Å². The van der Waals surface area contributed by atoms with Crippen LogP contribution in [-0.4, -0.2) is 5.78 Å². The van der Waals surface area contributed by atoms with Gasteiger partial charge in [0.1, 0.15) is 0 Å². The van der Waals surface area contributed by atoms with E-state index in [0.29, 0.717) is 6.42 Å². The summed E-state index contributed by atoms with van der Waals surface area (Å²) in [5.41, 5.74) is -0.250. The summed E-state index contributed by atoms with van der Waals surface area (Å²) in [5, 5.41) is 0. The van der Waals surface area contributed by atoms with Crippen LogP contribution in [-0.2, 0) is 4.79 Å². The van der Waals surface area contributed by atoms with Crippen LogP contribution in [0.25, 0.3) is 0 Å². The van der Waals surface area contributed by atoms with Gasteiger partial charge < -0.3 is 0 Å². The lowest BCUT2D eigenvalue weighted by atomic mass is 9.76. The molecule has 0 saturated carbocycles. The molecule has 0 radical (unpaired) electrons. The van der Waals surface area contributed by atoms with Crippen molar-refractivity contribution in [3.05, 3.63) is 25.1 Å². The lowest BCUT2D eigenvalue weighted by Gasteiger charge is -2.27. The molecule has 1 nitrogen and oxygen atoms in total. The summed E-state index contributed by atoms with van der Waals surface area (Å²) in [6, 6.07) is 0. The van der Waals surface area contributed by atoms with Crippen molar-refractivity contribution in [3.63, 3.8) is 0 Å². The Balaban J connectivity index is 4.71. The Morgan fingerprint density at radius 3 is 2.23 bits per heavy atom. The minimum atomic E-state index is -0.859. The van der Waals surface area contributed by atoms with Crippen LogP contribution in [0.2, 0.25) is 0 Å². The second-order valence-electron chi connectivity index (χ2n) is 4.21. The molecule has 0 amide bonds. The average molecular weight is 184 g/mol. The highest BCUT2D eigenvalue weighted by atomic mass is 19.1. The summed E-state index contributed by atoms with van der Waals surface area (Å²) in [7, 11) is 0. The van der Waals surface area contributed by atoms with Crippen LogP contribution in [0.3, 0.4) is 0 Å². The summed E-state index contributed by atoms with van der Waals surface area (Å²) in [6.45, 7) is 12.3. The molecule has 1 atom stereocenters. The van der Waals surface area contributed by atoms with Gasteiger partial charge in [0.15, 0.2) is 11.6 Å². The van der Waals surface area contributed by atoms with Crippen molar-refractivity contribution in [1.29, 1.82) is 0 Å². The Hall–Kier alpha value is -0.920. The maximum absolute atomic E-state index is 12.6. The van der Waals surface area contributed by atoms with Gasteiger partial charge in [-0.15, -0.1) is 6.58 Å². The zero-order valence-electron chi connectivity index (χ0n) is 8.56. The first-order chi connectivity index (χ1) is 5.80. The van der Waals surface area contributed by atoms with E-state index in [2.05, 4.69) is 13.2 Å².